The van der Waals surface area contributed by atoms with Crippen LogP contribution in [0.3, 0.4) is 0 Å². The Balaban J connectivity index is 0.738. The molecule has 4 aromatic rings. The van der Waals surface area contributed by atoms with E-state index in [4.69, 9.17) is 30.2 Å². The minimum Gasteiger partial charge on any atom is -0.494 e. The number of halogens is 1. The predicted molar refractivity (Wildman–Crippen MR) is 256 cm³/mol. The zero-order chi connectivity index (χ0) is 46.9. The minimum absolute atomic E-state index is 0.184. The number of nitrogens with one attached hydrogen (secondary N) is 3. The molecule has 1 atom stereocenters. The molecular weight excluding hydrogens is 897 g/mol. The van der Waals surface area contributed by atoms with Crippen LogP contribution in [0.1, 0.15) is 72.9 Å². The fourth-order valence-corrected chi connectivity index (χ4v) is 10.4. The number of ether oxygens (including phenoxy) is 1. The SMILES string of the molecule is COc1cc(N2CCC(N3CCN(OCCCCCC#Cc4cccc5c4CN(C4CCC(=O)NC4=O)C5=O)CC3)CC2)ccc1Nc1ncc(Cl)c(Nc2ccccc2P(=O)(OC)OC)n1. The summed E-state index contributed by atoms with van der Waals surface area (Å²) >= 11 is 6.49. The molecular formula is C48H57ClN9O8P. The maximum Gasteiger partial charge on any atom is 0.362 e. The summed E-state index contributed by atoms with van der Waals surface area (Å²) in [7, 11) is 0.746. The number of para-hydroxylation sites is 1. The average Bonchev–Trinajstić information content (AvgIpc) is 3.69. The number of unbranched alkanes of at least 4 members (excludes halogenated alkanes) is 3. The summed E-state index contributed by atoms with van der Waals surface area (Å²) in [5.41, 5.74) is 4.50. The number of piperidine rings is 2. The maximum absolute atomic E-state index is 13.2. The van der Waals surface area contributed by atoms with Gasteiger partial charge in [-0.05, 0) is 74.1 Å². The number of aromatic nitrogens is 2. The van der Waals surface area contributed by atoms with Gasteiger partial charge in [-0.2, -0.15) is 10.0 Å². The van der Waals surface area contributed by atoms with Crippen LogP contribution in [-0.2, 0) is 34.6 Å². The van der Waals surface area contributed by atoms with Crippen LogP contribution < -0.4 is 30.9 Å². The Bertz CT molecular complexity index is 2550. The lowest BCUT2D eigenvalue weighted by atomic mass is 10.0. The van der Waals surface area contributed by atoms with Crippen molar-refractivity contribution in [3.05, 3.63) is 88.6 Å². The molecule has 1 unspecified atom stereocenters. The lowest BCUT2D eigenvalue weighted by molar-refractivity contribution is -0.180. The Morgan fingerprint density at radius 2 is 1.67 bits per heavy atom. The standard InChI is InChI=1S/C48H57ClN9O8P/c1-63-42-30-35(17-18-39(42)52-48-50-31-38(49)45(54-48)51-40-15-8-9-16-43(40)67(62,64-2)65-3)55-23-21-34(22-24-55)56-25-27-57(28-26-56)66-29-10-6-4-5-7-12-33-13-11-14-36-37(33)32-58(47(36)61)41-19-20-44(59)53-46(41)60/h8-9,11,13-18,30-31,34,41H,4-6,10,19-29,32H2,1-3H3,(H,53,59,60)(H2,50,51,52,54). The number of carbonyl (C=O) groups excluding carboxylic acids is 3. The lowest BCUT2D eigenvalue weighted by Gasteiger charge is -2.43. The van der Waals surface area contributed by atoms with E-state index < -0.39 is 19.5 Å². The molecule has 0 saturated carbocycles. The number of rotatable bonds is 17. The van der Waals surface area contributed by atoms with Crippen LogP contribution in [0.25, 0.3) is 0 Å². The van der Waals surface area contributed by atoms with Crippen molar-refractivity contribution in [1.29, 1.82) is 0 Å². The first-order valence-electron chi connectivity index (χ1n) is 22.8. The van der Waals surface area contributed by atoms with Gasteiger partial charge in [0.25, 0.3) is 5.91 Å². The molecule has 4 aliphatic heterocycles. The number of imide groups is 1. The number of hydroxylamine groups is 2. The van der Waals surface area contributed by atoms with Crippen molar-refractivity contribution >= 4 is 71.1 Å². The molecule has 4 aliphatic rings. The van der Waals surface area contributed by atoms with Crippen molar-refractivity contribution in [2.45, 2.75) is 70.0 Å². The van der Waals surface area contributed by atoms with Gasteiger partial charge in [0.15, 0.2) is 5.82 Å². The van der Waals surface area contributed by atoms with Crippen LogP contribution in [0.15, 0.2) is 66.9 Å². The normalized spacial score (nSPS) is 18.3. The Morgan fingerprint density at radius 1 is 0.881 bits per heavy atom. The second-order valence-corrected chi connectivity index (χ2v) is 19.4. The van der Waals surface area contributed by atoms with Crippen LogP contribution in [0.4, 0.5) is 28.8 Å². The van der Waals surface area contributed by atoms with Gasteiger partial charge in [0, 0.05) is 102 Å². The Hall–Kier alpha value is -5.57. The van der Waals surface area contributed by atoms with Gasteiger partial charge in [-0.3, -0.25) is 34.0 Å². The quantitative estimate of drug-likeness (QED) is 0.0444. The van der Waals surface area contributed by atoms with Gasteiger partial charge in [0.1, 0.15) is 16.8 Å². The van der Waals surface area contributed by atoms with E-state index in [0.29, 0.717) is 65.4 Å². The van der Waals surface area contributed by atoms with E-state index in [2.05, 4.69) is 58.7 Å². The average molecular weight is 954 g/mol. The summed E-state index contributed by atoms with van der Waals surface area (Å²) in [4.78, 5) is 58.9. The highest BCUT2D eigenvalue weighted by atomic mass is 35.5. The number of hydrogen-bond donors (Lipinski definition) is 3. The first-order valence-corrected chi connectivity index (χ1v) is 24.7. The highest BCUT2D eigenvalue weighted by Gasteiger charge is 2.40. The fourth-order valence-electron chi connectivity index (χ4n) is 9.07. The molecule has 17 nitrogen and oxygen atoms in total. The Kier molecular flexibility index (Phi) is 15.8. The van der Waals surface area contributed by atoms with E-state index in [1.807, 2.05) is 24.3 Å². The number of carbonyl (C=O) groups is 3. The molecule has 354 valence electrons. The fraction of sp³-hybridized carbons (Fsp3) is 0.438. The van der Waals surface area contributed by atoms with Crippen LogP contribution in [-0.4, -0.2) is 122 Å². The summed E-state index contributed by atoms with van der Waals surface area (Å²) in [5, 5.41) is 11.5. The van der Waals surface area contributed by atoms with Crippen LogP contribution >= 0.6 is 19.2 Å². The van der Waals surface area contributed by atoms with Crippen molar-refractivity contribution in [2.24, 2.45) is 0 Å². The molecule has 19 heteroatoms. The molecule has 3 amide bonds. The molecule has 3 aromatic carbocycles. The highest BCUT2D eigenvalue weighted by molar-refractivity contribution is 7.62. The molecule has 3 N–H and O–H groups in total. The topological polar surface area (TPSA) is 180 Å². The van der Waals surface area contributed by atoms with Crippen LogP contribution in [0.2, 0.25) is 5.02 Å². The molecule has 3 saturated heterocycles. The molecule has 0 spiro atoms. The first-order chi connectivity index (χ1) is 32.6. The summed E-state index contributed by atoms with van der Waals surface area (Å²) in [5.74, 6) is 6.90. The number of anilines is 5. The van der Waals surface area contributed by atoms with Gasteiger partial charge in [-0.1, -0.05) is 48.1 Å². The molecule has 67 heavy (non-hydrogen) atoms. The van der Waals surface area contributed by atoms with Gasteiger partial charge >= 0.3 is 7.60 Å². The predicted octanol–water partition coefficient (Wildman–Crippen LogP) is 6.63. The molecule has 8 rings (SSSR count). The Morgan fingerprint density at radius 3 is 2.43 bits per heavy atom. The highest BCUT2D eigenvalue weighted by Crippen LogP contribution is 2.47. The van der Waals surface area contributed by atoms with E-state index in [9.17, 15) is 18.9 Å². The molecule has 3 fully saturated rings. The number of nitrogens with zero attached hydrogens (tertiary/aromatic N) is 6. The zero-order valence-corrected chi connectivity index (χ0v) is 39.7. The van der Waals surface area contributed by atoms with Gasteiger partial charge in [-0.15, -0.1) is 0 Å². The number of fused-ring (bicyclic) bond motifs is 1. The van der Waals surface area contributed by atoms with E-state index in [0.717, 1.165) is 94.6 Å². The molecule has 0 aliphatic carbocycles. The third kappa shape index (κ3) is 11.2. The van der Waals surface area contributed by atoms with Crippen molar-refractivity contribution < 1.29 is 37.6 Å². The van der Waals surface area contributed by atoms with Gasteiger partial charge in [-0.25, -0.2) is 4.98 Å². The van der Waals surface area contributed by atoms with E-state index >= 15 is 0 Å². The smallest absolute Gasteiger partial charge is 0.362 e. The summed E-state index contributed by atoms with van der Waals surface area (Å²) < 4.78 is 29.5. The summed E-state index contributed by atoms with van der Waals surface area (Å²) in [6.45, 7) is 6.61. The number of amides is 3. The monoisotopic (exact) mass is 953 g/mol. The van der Waals surface area contributed by atoms with Crippen molar-refractivity contribution in [1.82, 2.24) is 30.1 Å². The van der Waals surface area contributed by atoms with E-state index in [-0.39, 0.29) is 23.3 Å². The van der Waals surface area contributed by atoms with Gasteiger partial charge in [0.2, 0.25) is 17.8 Å². The Labute approximate surface area is 396 Å². The molecule has 0 radical (unpaired) electrons. The van der Waals surface area contributed by atoms with Crippen molar-refractivity contribution in [3.8, 4) is 17.6 Å². The summed E-state index contributed by atoms with van der Waals surface area (Å²) in [6.07, 6.45) is 7.87. The van der Waals surface area contributed by atoms with Crippen molar-refractivity contribution in [3.63, 3.8) is 0 Å². The first kappa shape index (κ1) is 47.9. The van der Waals surface area contributed by atoms with Gasteiger partial charge in [0.05, 0.1) is 36.6 Å². The molecule has 1 aromatic heterocycles. The minimum atomic E-state index is -3.56. The molecule has 5 heterocycles. The largest absolute Gasteiger partial charge is 0.494 e. The molecule has 0 bridgehead atoms. The number of benzene rings is 3. The van der Waals surface area contributed by atoms with Crippen LogP contribution in [0.5, 0.6) is 5.75 Å². The summed E-state index contributed by atoms with van der Waals surface area (Å²) in [6, 6.07) is 18.5. The lowest BCUT2D eigenvalue weighted by Crippen LogP contribution is -2.53. The number of hydrogen-bond acceptors (Lipinski definition) is 15. The van der Waals surface area contributed by atoms with Crippen LogP contribution in [0, 0.1) is 11.8 Å². The second kappa shape index (κ2) is 22.0. The van der Waals surface area contributed by atoms with Crippen molar-refractivity contribution in [2.75, 3.05) is 82.7 Å². The number of piperazine rings is 1. The van der Waals surface area contributed by atoms with E-state index in [1.165, 1.54) is 20.4 Å². The van der Waals surface area contributed by atoms with E-state index in [1.54, 1.807) is 42.3 Å². The zero-order valence-electron chi connectivity index (χ0n) is 38.1. The maximum atomic E-state index is 13.2. The number of methoxy groups -OCH3 is 1. The third-order valence-corrected chi connectivity index (χ3v) is 15.0. The second-order valence-electron chi connectivity index (χ2n) is 16.8. The third-order valence-electron chi connectivity index (χ3n) is 12.8. The van der Waals surface area contributed by atoms with Gasteiger partial charge < -0.3 is 34.2 Å².